The van der Waals surface area contributed by atoms with Crippen LogP contribution in [-0.2, 0) is 6.54 Å². The second-order valence-electron chi connectivity index (χ2n) is 3.95. The Bertz CT molecular complexity index is 572. The monoisotopic (exact) mass is 301 g/mol. The third-order valence-corrected chi connectivity index (χ3v) is 3.09. The number of aromatic nitrogens is 1. The molecule has 0 fully saturated rings. The first-order chi connectivity index (χ1) is 8.70. The molecule has 0 aliphatic carbocycles. The molecule has 1 heterocycles. The van der Waals surface area contributed by atoms with Crippen molar-refractivity contribution in [1.82, 2.24) is 4.98 Å². The van der Waals surface area contributed by atoms with E-state index in [2.05, 4.69) is 27.0 Å². The third kappa shape index (κ3) is 2.88. The molecule has 3 nitrogen and oxygen atoms in total. The van der Waals surface area contributed by atoms with Gasteiger partial charge in [0.15, 0.2) is 0 Å². The summed E-state index contributed by atoms with van der Waals surface area (Å²) in [6.45, 7) is 0.673. The lowest BCUT2D eigenvalue weighted by atomic mass is 10.2. The van der Waals surface area contributed by atoms with Crippen LogP contribution in [0.15, 0.2) is 47.1 Å². The molecule has 0 amide bonds. The lowest BCUT2D eigenvalue weighted by molar-refractivity contribution is 0.882. The maximum Gasteiger partial charge on any atom is 0.101 e. The molecule has 18 heavy (non-hydrogen) atoms. The molecule has 0 saturated heterocycles. The molecule has 1 aromatic carbocycles. The van der Waals surface area contributed by atoms with E-state index in [0.29, 0.717) is 12.1 Å². The molecule has 0 aliphatic rings. The smallest absolute Gasteiger partial charge is 0.101 e. The van der Waals surface area contributed by atoms with Crippen LogP contribution in [-0.4, -0.2) is 12.0 Å². The lowest BCUT2D eigenvalue weighted by Gasteiger charge is -2.19. The summed E-state index contributed by atoms with van der Waals surface area (Å²) in [5, 5.41) is 9.07. The largest absolute Gasteiger partial charge is 0.368 e. The Morgan fingerprint density at radius 1 is 1.28 bits per heavy atom. The highest BCUT2D eigenvalue weighted by molar-refractivity contribution is 9.10. The third-order valence-electron chi connectivity index (χ3n) is 2.62. The van der Waals surface area contributed by atoms with Gasteiger partial charge >= 0.3 is 0 Å². The Kier molecular flexibility index (Phi) is 3.96. The summed E-state index contributed by atoms with van der Waals surface area (Å²) >= 11 is 3.36. The van der Waals surface area contributed by atoms with Crippen molar-refractivity contribution < 1.29 is 0 Å². The number of pyridine rings is 1. The summed E-state index contributed by atoms with van der Waals surface area (Å²) in [5.41, 5.74) is 2.57. The minimum Gasteiger partial charge on any atom is -0.368 e. The number of nitriles is 1. The predicted molar refractivity (Wildman–Crippen MR) is 75.2 cm³/mol. The van der Waals surface area contributed by atoms with Crippen LogP contribution in [0.1, 0.15) is 11.3 Å². The highest BCUT2D eigenvalue weighted by Gasteiger charge is 2.07. The van der Waals surface area contributed by atoms with Crippen molar-refractivity contribution in [3.05, 3.63) is 58.3 Å². The van der Waals surface area contributed by atoms with E-state index in [1.807, 2.05) is 48.3 Å². The molecule has 2 rings (SSSR count). The Morgan fingerprint density at radius 3 is 2.72 bits per heavy atom. The van der Waals surface area contributed by atoms with Crippen LogP contribution in [0.4, 0.5) is 5.69 Å². The molecule has 0 aliphatic heterocycles. The number of nitrogens with zero attached hydrogens (tertiary/aromatic N) is 3. The van der Waals surface area contributed by atoms with E-state index in [4.69, 9.17) is 5.26 Å². The van der Waals surface area contributed by atoms with Crippen molar-refractivity contribution in [2.24, 2.45) is 0 Å². The molecular weight excluding hydrogens is 290 g/mol. The maximum absolute atomic E-state index is 9.07. The summed E-state index contributed by atoms with van der Waals surface area (Å²) in [4.78, 5) is 6.35. The SMILES string of the molecule is CN(Cc1ccc(Br)cn1)c1ccccc1C#N. The molecule has 0 atom stereocenters. The van der Waals surface area contributed by atoms with Crippen LogP contribution < -0.4 is 4.90 Å². The van der Waals surface area contributed by atoms with Gasteiger partial charge < -0.3 is 4.90 Å². The maximum atomic E-state index is 9.07. The zero-order chi connectivity index (χ0) is 13.0. The summed E-state index contributed by atoms with van der Waals surface area (Å²) in [7, 11) is 1.96. The van der Waals surface area contributed by atoms with Crippen LogP contribution in [0.25, 0.3) is 0 Å². The molecule has 90 valence electrons. The highest BCUT2D eigenvalue weighted by Crippen LogP contribution is 2.20. The van der Waals surface area contributed by atoms with E-state index in [1.165, 1.54) is 0 Å². The Balaban J connectivity index is 2.19. The van der Waals surface area contributed by atoms with Crippen molar-refractivity contribution in [1.29, 1.82) is 5.26 Å². The van der Waals surface area contributed by atoms with E-state index in [9.17, 15) is 0 Å². The molecule has 0 bridgehead atoms. The van der Waals surface area contributed by atoms with Crippen molar-refractivity contribution in [3.63, 3.8) is 0 Å². The van der Waals surface area contributed by atoms with Crippen LogP contribution in [0.2, 0.25) is 0 Å². The Labute approximate surface area is 115 Å². The Morgan fingerprint density at radius 2 is 2.06 bits per heavy atom. The normalized spacial score (nSPS) is 9.83. The van der Waals surface area contributed by atoms with Gasteiger partial charge in [0.1, 0.15) is 6.07 Å². The molecule has 0 spiro atoms. The van der Waals surface area contributed by atoms with Gasteiger partial charge in [-0.15, -0.1) is 0 Å². The van der Waals surface area contributed by atoms with Gasteiger partial charge in [0.25, 0.3) is 0 Å². The van der Waals surface area contributed by atoms with Crippen molar-refractivity contribution in [3.8, 4) is 6.07 Å². The van der Waals surface area contributed by atoms with Crippen LogP contribution in [0, 0.1) is 11.3 Å². The van der Waals surface area contributed by atoms with Gasteiger partial charge in [-0.2, -0.15) is 5.26 Å². The summed E-state index contributed by atoms with van der Waals surface area (Å²) in [6, 6.07) is 13.7. The molecule has 4 heteroatoms. The molecule has 0 saturated carbocycles. The number of hydrogen-bond donors (Lipinski definition) is 0. The lowest BCUT2D eigenvalue weighted by Crippen LogP contribution is -2.18. The van der Waals surface area contributed by atoms with E-state index in [-0.39, 0.29) is 0 Å². The van der Waals surface area contributed by atoms with Gasteiger partial charge in [-0.3, -0.25) is 4.98 Å². The fourth-order valence-electron chi connectivity index (χ4n) is 1.73. The first kappa shape index (κ1) is 12.6. The number of para-hydroxylation sites is 1. The number of rotatable bonds is 3. The van der Waals surface area contributed by atoms with Gasteiger partial charge in [-0.1, -0.05) is 12.1 Å². The molecule has 0 radical (unpaired) electrons. The van der Waals surface area contributed by atoms with Crippen LogP contribution in [0.3, 0.4) is 0 Å². The first-order valence-corrected chi connectivity index (χ1v) is 6.30. The van der Waals surface area contributed by atoms with Crippen molar-refractivity contribution in [2.75, 3.05) is 11.9 Å². The van der Waals surface area contributed by atoms with Crippen LogP contribution >= 0.6 is 15.9 Å². The molecule has 0 N–H and O–H groups in total. The second kappa shape index (κ2) is 5.65. The number of anilines is 1. The van der Waals surface area contributed by atoms with E-state index >= 15 is 0 Å². The van der Waals surface area contributed by atoms with E-state index in [0.717, 1.165) is 15.9 Å². The summed E-state index contributed by atoms with van der Waals surface area (Å²) in [6.07, 6.45) is 1.78. The van der Waals surface area contributed by atoms with E-state index < -0.39 is 0 Å². The number of halogens is 1. The van der Waals surface area contributed by atoms with Crippen molar-refractivity contribution in [2.45, 2.75) is 6.54 Å². The fraction of sp³-hybridized carbons (Fsp3) is 0.143. The van der Waals surface area contributed by atoms with Gasteiger partial charge in [-0.25, -0.2) is 0 Å². The minimum atomic E-state index is 0.673. The Hall–Kier alpha value is -1.86. The quantitative estimate of drug-likeness (QED) is 0.873. The van der Waals surface area contributed by atoms with Crippen molar-refractivity contribution >= 4 is 21.6 Å². The van der Waals surface area contributed by atoms with Gasteiger partial charge in [0.05, 0.1) is 23.5 Å². The van der Waals surface area contributed by atoms with E-state index in [1.54, 1.807) is 6.20 Å². The summed E-state index contributed by atoms with van der Waals surface area (Å²) < 4.78 is 0.964. The average molecular weight is 302 g/mol. The fourth-order valence-corrected chi connectivity index (χ4v) is 1.96. The first-order valence-electron chi connectivity index (χ1n) is 5.51. The zero-order valence-corrected chi connectivity index (χ0v) is 11.6. The van der Waals surface area contributed by atoms with Crippen LogP contribution in [0.5, 0.6) is 0 Å². The molecular formula is C14H12BrN3. The molecule has 1 aromatic heterocycles. The topological polar surface area (TPSA) is 39.9 Å². The van der Waals surface area contributed by atoms with Gasteiger partial charge in [0.2, 0.25) is 0 Å². The molecule has 2 aromatic rings. The second-order valence-corrected chi connectivity index (χ2v) is 4.87. The summed E-state index contributed by atoms with van der Waals surface area (Å²) in [5.74, 6) is 0. The van der Waals surface area contributed by atoms with Gasteiger partial charge in [-0.05, 0) is 40.2 Å². The predicted octanol–water partition coefficient (Wildman–Crippen LogP) is 3.35. The number of hydrogen-bond acceptors (Lipinski definition) is 3. The zero-order valence-electron chi connectivity index (χ0n) is 9.97. The number of benzene rings is 1. The van der Waals surface area contributed by atoms with Gasteiger partial charge in [0, 0.05) is 17.7 Å². The molecule has 0 unspecified atom stereocenters. The standard InChI is InChI=1S/C14H12BrN3/c1-18(10-13-7-6-12(15)9-17-13)14-5-3-2-4-11(14)8-16/h2-7,9H,10H2,1H3. The average Bonchev–Trinajstić information content (AvgIpc) is 2.41. The minimum absolute atomic E-state index is 0.673. The highest BCUT2D eigenvalue weighted by atomic mass is 79.9.